The van der Waals surface area contributed by atoms with Crippen LogP contribution in [0, 0.1) is 0 Å². The minimum Gasteiger partial charge on any atom is -0.748 e. The van der Waals surface area contributed by atoms with E-state index in [0.717, 1.165) is 12.8 Å². The van der Waals surface area contributed by atoms with E-state index in [-0.39, 0.29) is 57.8 Å². The summed E-state index contributed by atoms with van der Waals surface area (Å²) in [6.45, 7) is 4.02. The van der Waals surface area contributed by atoms with Crippen LogP contribution in [0.15, 0.2) is 0 Å². The third-order valence-electron chi connectivity index (χ3n) is 3.48. The largest absolute Gasteiger partial charge is 1.00 e. The van der Waals surface area contributed by atoms with Crippen LogP contribution in [0.3, 0.4) is 0 Å². The molecule has 0 radical (unpaired) electrons. The van der Waals surface area contributed by atoms with Gasteiger partial charge in [-0.1, -0.05) is 52.4 Å². The van der Waals surface area contributed by atoms with E-state index >= 15 is 0 Å². The van der Waals surface area contributed by atoms with Crippen LogP contribution in [-0.4, -0.2) is 29.4 Å². The van der Waals surface area contributed by atoms with Crippen LogP contribution in [0.5, 0.6) is 0 Å². The molecule has 0 aromatic carbocycles. The maximum absolute atomic E-state index is 11.0. The van der Waals surface area contributed by atoms with Crippen molar-refractivity contribution in [3.63, 3.8) is 0 Å². The van der Waals surface area contributed by atoms with Crippen molar-refractivity contribution in [1.29, 1.82) is 0 Å². The monoisotopic (exact) mass is 332 g/mol. The van der Waals surface area contributed by atoms with E-state index in [9.17, 15) is 18.1 Å². The molecule has 116 valence electrons. The molecule has 2 atom stereocenters. The maximum Gasteiger partial charge on any atom is 1.00 e. The summed E-state index contributed by atoms with van der Waals surface area (Å²) in [7, 11) is -4.22. The second-order valence-corrected chi connectivity index (χ2v) is 6.99. The van der Waals surface area contributed by atoms with Crippen LogP contribution < -0.4 is 51.4 Å². The fourth-order valence-electron chi connectivity index (χ4n) is 2.26. The summed E-state index contributed by atoms with van der Waals surface area (Å²) in [6.07, 6.45) is 7.73. The van der Waals surface area contributed by atoms with Crippen LogP contribution in [0.25, 0.3) is 0 Å². The van der Waals surface area contributed by atoms with E-state index < -0.39 is 21.5 Å². The van der Waals surface area contributed by atoms with Crippen molar-refractivity contribution >= 4 is 10.1 Å². The molecule has 0 aromatic rings. The van der Waals surface area contributed by atoms with Gasteiger partial charge in [0.05, 0.1) is 16.2 Å². The van der Waals surface area contributed by atoms with Crippen molar-refractivity contribution in [3.05, 3.63) is 0 Å². The zero-order chi connectivity index (χ0) is 14.7. The quantitative estimate of drug-likeness (QED) is 0.315. The van der Waals surface area contributed by atoms with Gasteiger partial charge in [-0.15, -0.1) is 0 Å². The van der Waals surface area contributed by atoms with E-state index in [1.54, 1.807) is 0 Å². The molecule has 0 bridgehead atoms. The van der Waals surface area contributed by atoms with E-state index in [0.29, 0.717) is 25.7 Å². The number of unbranched alkanes of at least 4 members (excludes halogenated alkanes) is 4. The SMILES string of the molecule is CCCCCCCC(O)CCC(CCC)S(=O)(=O)[O-].[K+]. The summed E-state index contributed by atoms with van der Waals surface area (Å²) in [6, 6.07) is 0. The molecule has 0 fully saturated rings. The van der Waals surface area contributed by atoms with Crippen molar-refractivity contribution in [1.82, 2.24) is 0 Å². The second kappa shape index (κ2) is 14.1. The number of hydrogen-bond donors (Lipinski definition) is 1. The van der Waals surface area contributed by atoms with Crippen LogP contribution in [0.4, 0.5) is 0 Å². The Morgan fingerprint density at radius 3 is 2.00 bits per heavy atom. The van der Waals surface area contributed by atoms with E-state index in [1.807, 2.05) is 6.92 Å². The zero-order valence-electron chi connectivity index (χ0n) is 13.3. The number of hydrogen-bond acceptors (Lipinski definition) is 4. The Labute approximate surface area is 167 Å². The standard InChI is InChI=1S/C14H30O4S.K/c1-3-5-6-7-8-10-13(15)11-12-14(9-4-2)19(16,17)18;/h13-15H,3-12H2,1-2H3,(H,16,17,18);/q;+1/p-1. The van der Waals surface area contributed by atoms with Crippen LogP contribution in [-0.2, 0) is 10.1 Å². The Bertz CT molecular complexity index is 306. The first-order chi connectivity index (χ1) is 8.91. The molecule has 0 saturated carbocycles. The third-order valence-corrected chi connectivity index (χ3v) is 4.77. The summed E-state index contributed by atoms with van der Waals surface area (Å²) < 4.78 is 33.1. The summed E-state index contributed by atoms with van der Waals surface area (Å²) in [4.78, 5) is 0. The van der Waals surface area contributed by atoms with Gasteiger partial charge >= 0.3 is 51.4 Å². The Morgan fingerprint density at radius 1 is 0.900 bits per heavy atom. The van der Waals surface area contributed by atoms with Gasteiger partial charge in [0.1, 0.15) is 0 Å². The van der Waals surface area contributed by atoms with Crippen LogP contribution in [0.2, 0.25) is 0 Å². The molecule has 0 spiro atoms. The summed E-state index contributed by atoms with van der Waals surface area (Å²) >= 11 is 0. The molecule has 0 aromatic heterocycles. The molecular weight excluding hydrogens is 303 g/mol. The molecular formula is C14H29KO4S. The average Bonchev–Trinajstić information content (AvgIpc) is 2.32. The number of aliphatic hydroxyl groups is 1. The van der Waals surface area contributed by atoms with Crippen molar-refractivity contribution in [2.45, 2.75) is 89.4 Å². The molecule has 0 aliphatic heterocycles. The van der Waals surface area contributed by atoms with Gasteiger partial charge in [-0.05, 0) is 25.7 Å². The summed E-state index contributed by atoms with van der Waals surface area (Å²) in [5, 5.41) is 8.97. The van der Waals surface area contributed by atoms with Crippen LogP contribution in [0.1, 0.15) is 78.1 Å². The first kappa shape index (κ1) is 23.8. The minimum absolute atomic E-state index is 0. The van der Waals surface area contributed by atoms with Gasteiger partial charge in [0, 0.05) is 5.25 Å². The zero-order valence-corrected chi connectivity index (χ0v) is 17.2. The van der Waals surface area contributed by atoms with Crippen molar-refractivity contribution in [2.75, 3.05) is 0 Å². The molecule has 0 saturated heterocycles. The van der Waals surface area contributed by atoms with Gasteiger partial charge < -0.3 is 9.66 Å². The summed E-state index contributed by atoms with van der Waals surface area (Å²) in [5.41, 5.74) is 0. The predicted octanol–water partition coefficient (Wildman–Crippen LogP) is 0.206. The fourth-order valence-corrected chi connectivity index (χ4v) is 3.21. The van der Waals surface area contributed by atoms with Gasteiger partial charge in [0.15, 0.2) is 0 Å². The predicted molar refractivity (Wildman–Crippen MR) is 77.0 cm³/mol. The van der Waals surface area contributed by atoms with Crippen molar-refractivity contribution < 1.29 is 69.5 Å². The Kier molecular flexibility index (Phi) is 16.8. The van der Waals surface area contributed by atoms with Gasteiger partial charge in [0.2, 0.25) is 0 Å². The van der Waals surface area contributed by atoms with E-state index in [4.69, 9.17) is 0 Å². The molecule has 20 heavy (non-hydrogen) atoms. The van der Waals surface area contributed by atoms with E-state index in [1.165, 1.54) is 19.3 Å². The fraction of sp³-hybridized carbons (Fsp3) is 1.00. The molecule has 4 nitrogen and oxygen atoms in total. The van der Waals surface area contributed by atoms with Crippen LogP contribution >= 0.6 is 0 Å². The molecule has 6 heteroatoms. The van der Waals surface area contributed by atoms with Crippen molar-refractivity contribution in [2.24, 2.45) is 0 Å². The Hall–Kier alpha value is 1.51. The number of aliphatic hydroxyl groups excluding tert-OH is 1. The molecule has 0 heterocycles. The Balaban J connectivity index is 0. The van der Waals surface area contributed by atoms with E-state index in [2.05, 4.69) is 6.92 Å². The first-order valence-electron chi connectivity index (χ1n) is 7.54. The van der Waals surface area contributed by atoms with Gasteiger partial charge in [-0.3, -0.25) is 0 Å². The van der Waals surface area contributed by atoms with Gasteiger partial charge in [0.25, 0.3) is 0 Å². The summed E-state index contributed by atoms with van der Waals surface area (Å²) in [5.74, 6) is 0. The molecule has 0 rings (SSSR count). The smallest absolute Gasteiger partial charge is 0.748 e. The molecule has 0 aliphatic carbocycles. The topological polar surface area (TPSA) is 77.4 Å². The normalized spacial score (nSPS) is 14.6. The second-order valence-electron chi connectivity index (χ2n) is 5.34. The Morgan fingerprint density at radius 2 is 1.50 bits per heavy atom. The molecule has 0 amide bonds. The molecule has 2 unspecified atom stereocenters. The average molecular weight is 333 g/mol. The maximum atomic E-state index is 11.0. The third kappa shape index (κ3) is 13.2. The molecule has 1 N–H and O–H groups in total. The minimum atomic E-state index is -4.22. The number of rotatable bonds is 12. The van der Waals surface area contributed by atoms with Crippen molar-refractivity contribution in [3.8, 4) is 0 Å². The molecule has 0 aliphatic rings. The van der Waals surface area contributed by atoms with Gasteiger partial charge in [-0.25, -0.2) is 8.42 Å². The first-order valence-corrected chi connectivity index (χ1v) is 9.01. The van der Waals surface area contributed by atoms with Gasteiger partial charge in [-0.2, -0.15) is 0 Å².